The molecule has 2 fully saturated rings. The molecule has 0 aromatic carbocycles. The van der Waals surface area contributed by atoms with Crippen molar-refractivity contribution in [1.82, 2.24) is 9.62 Å². The van der Waals surface area contributed by atoms with Gasteiger partial charge in [0.25, 0.3) is 0 Å². The summed E-state index contributed by atoms with van der Waals surface area (Å²) in [4.78, 5) is 0. The van der Waals surface area contributed by atoms with Gasteiger partial charge in [-0.3, -0.25) is 0 Å². The van der Waals surface area contributed by atoms with Crippen LogP contribution in [0.25, 0.3) is 0 Å². The van der Waals surface area contributed by atoms with E-state index in [1.807, 2.05) is 0 Å². The van der Waals surface area contributed by atoms with Crippen molar-refractivity contribution in [2.75, 3.05) is 13.1 Å². The van der Waals surface area contributed by atoms with Gasteiger partial charge in [0.2, 0.25) is 10.0 Å². The molecule has 0 bridgehead atoms. The Bertz CT molecular complexity index is 330. The summed E-state index contributed by atoms with van der Waals surface area (Å²) < 4.78 is 26.1. The van der Waals surface area contributed by atoms with Gasteiger partial charge < -0.3 is 5.32 Å². The number of sulfonamides is 1. The number of hydrogen-bond donors (Lipinski definition) is 1. The molecule has 5 heteroatoms. The Morgan fingerprint density at radius 2 is 2.00 bits per heavy atom. The van der Waals surface area contributed by atoms with E-state index in [-0.39, 0.29) is 11.3 Å². The average Bonchev–Trinajstić information content (AvgIpc) is 2.91. The van der Waals surface area contributed by atoms with Gasteiger partial charge in [0, 0.05) is 18.6 Å². The Kier molecular flexibility index (Phi) is 3.56. The predicted molar refractivity (Wildman–Crippen MR) is 64.8 cm³/mol. The zero-order valence-corrected chi connectivity index (χ0v) is 11.0. The maximum atomic E-state index is 12.2. The van der Waals surface area contributed by atoms with Crippen LogP contribution >= 0.6 is 0 Å². The Labute approximate surface area is 98.4 Å². The number of hydrogen-bond acceptors (Lipinski definition) is 3. The van der Waals surface area contributed by atoms with E-state index in [2.05, 4.69) is 5.32 Å². The van der Waals surface area contributed by atoms with Gasteiger partial charge in [-0.2, -0.15) is 4.31 Å². The van der Waals surface area contributed by atoms with Crippen molar-refractivity contribution in [2.24, 2.45) is 0 Å². The fraction of sp³-hybridized carbons (Fsp3) is 1.00. The molecule has 94 valence electrons. The van der Waals surface area contributed by atoms with Crippen molar-refractivity contribution in [2.45, 2.75) is 56.9 Å². The van der Waals surface area contributed by atoms with Crippen molar-refractivity contribution in [3.63, 3.8) is 0 Å². The molecule has 0 amide bonds. The molecule has 1 unspecified atom stereocenters. The van der Waals surface area contributed by atoms with E-state index in [1.165, 1.54) is 6.42 Å². The summed E-state index contributed by atoms with van der Waals surface area (Å²) in [5.74, 6) is 0. The predicted octanol–water partition coefficient (Wildman–Crippen LogP) is 0.941. The summed E-state index contributed by atoms with van der Waals surface area (Å²) in [7, 11) is -3.07. The minimum atomic E-state index is -3.07. The maximum Gasteiger partial charge on any atom is 0.216 e. The summed E-state index contributed by atoms with van der Waals surface area (Å²) in [5.41, 5.74) is 0. The summed E-state index contributed by atoms with van der Waals surface area (Å²) in [6.07, 6.45) is 4.36. The molecule has 1 saturated heterocycles. The summed E-state index contributed by atoms with van der Waals surface area (Å²) in [5, 5.41) is 3.08. The van der Waals surface area contributed by atoms with Crippen LogP contribution in [0.5, 0.6) is 0 Å². The fourth-order valence-electron chi connectivity index (χ4n) is 2.22. The van der Waals surface area contributed by atoms with Crippen LogP contribution in [0.2, 0.25) is 0 Å². The Hall–Kier alpha value is -0.130. The van der Waals surface area contributed by atoms with E-state index in [4.69, 9.17) is 0 Å². The van der Waals surface area contributed by atoms with E-state index < -0.39 is 10.0 Å². The zero-order chi connectivity index (χ0) is 11.8. The standard InChI is InChI=1S/C11H22N2O2S/c1-9(2)16(14,15)13(11-5-6-11)8-10-4-3-7-12-10/h9-12H,3-8H2,1-2H3. The molecule has 0 spiro atoms. The molecule has 4 nitrogen and oxygen atoms in total. The van der Waals surface area contributed by atoms with Crippen LogP contribution in [0.4, 0.5) is 0 Å². The molecule has 1 N–H and O–H groups in total. The topological polar surface area (TPSA) is 49.4 Å². The highest BCUT2D eigenvalue weighted by Gasteiger charge is 2.39. The molecule has 2 rings (SSSR count). The lowest BCUT2D eigenvalue weighted by atomic mass is 10.2. The van der Waals surface area contributed by atoms with Crippen LogP contribution < -0.4 is 5.32 Å². The van der Waals surface area contributed by atoms with Crippen molar-refractivity contribution < 1.29 is 8.42 Å². The Morgan fingerprint density at radius 1 is 1.31 bits per heavy atom. The molecule has 0 aromatic rings. The maximum absolute atomic E-state index is 12.2. The lowest BCUT2D eigenvalue weighted by Crippen LogP contribution is -2.45. The van der Waals surface area contributed by atoms with Crippen LogP contribution in [0.3, 0.4) is 0 Å². The van der Waals surface area contributed by atoms with Gasteiger partial charge in [-0.05, 0) is 46.1 Å². The van der Waals surface area contributed by atoms with E-state index in [0.717, 1.165) is 25.8 Å². The quantitative estimate of drug-likeness (QED) is 0.785. The highest BCUT2D eigenvalue weighted by molar-refractivity contribution is 7.89. The lowest BCUT2D eigenvalue weighted by Gasteiger charge is -2.26. The summed E-state index contributed by atoms with van der Waals surface area (Å²) in [6, 6.07) is 0.656. The SMILES string of the molecule is CC(C)S(=O)(=O)N(CC1CCCN1)C1CC1. The van der Waals surface area contributed by atoms with Gasteiger partial charge in [-0.1, -0.05) is 0 Å². The Balaban J connectivity index is 2.04. The third-order valence-corrected chi connectivity index (χ3v) is 5.73. The number of rotatable bonds is 5. The van der Waals surface area contributed by atoms with Gasteiger partial charge in [0.1, 0.15) is 0 Å². The second kappa shape index (κ2) is 4.63. The highest BCUT2D eigenvalue weighted by Crippen LogP contribution is 2.31. The van der Waals surface area contributed by atoms with Gasteiger partial charge in [0.15, 0.2) is 0 Å². The first kappa shape index (κ1) is 12.3. The van der Waals surface area contributed by atoms with Gasteiger partial charge >= 0.3 is 0 Å². The van der Waals surface area contributed by atoms with E-state index in [9.17, 15) is 8.42 Å². The van der Waals surface area contributed by atoms with Crippen LogP contribution in [0.1, 0.15) is 39.5 Å². The first-order valence-electron chi connectivity index (χ1n) is 6.26. The van der Waals surface area contributed by atoms with Crippen LogP contribution in [-0.4, -0.2) is 43.1 Å². The Morgan fingerprint density at radius 3 is 2.44 bits per heavy atom. The summed E-state index contributed by atoms with van der Waals surface area (Å²) >= 11 is 0. The third kappa shape index (κ3) is 2.57. The molecule has 0 aromatic heterocycles. The fourth-order valence-corrected chi connectivity index (χ4v) is 3.78. The molecule has 1 aliphatic heterocycles. The van der Waals surface area contributed by atoms with E-state index in [0.29, 0.717) is 12.6 Å². The molecular weight excluding hydrogens is 224 g/mol. The van der Waals surface area contributed by atoms with Crippen molar-refractivity contribution >= 4 is 10.0 Å². The second-order valence-electron chi connectivity index (χ2n) is 5.19. The summed E-state index contributed by atoms with van der Waals surface area (Å²) in [6.45, 7) is 5.25. The van der Waals surface area contributed by atoms with Crippen LogP contribution in [0.15, 0.2) is 0 Å². The molecule has 1 aliphatic carbocycles. The molecular formula is C11H22N2O2S. The second-order valence-corrected chi connectivity index (χ2v) is 7.63. The van der Waals surface area contributed by atoms with Gasteiger partial charge in [-0.25, -0.2) is 8.42 Å². The van der Waals surface area contributed by atoms with Crippen molar-refractivity contribution in [3.8, 4) is 0 Å². The van der Waals surface area contributed by atoms with E-state index >= 15 is 0 Å². The third-order valence-electron chi connectivity index (χ3n) is 3.44. The van der Waals surface area contributed by atoms with Gasteiger partial charge in [-0.15, -0.1) is 0 Å². The lowest BCUT2D eigenvalue weighted by molar-refractivity contribution is 0.359. The largest absolute Gasteiger partial charge is 0.313 e. The molecule has 1 atom stereocenters. The first-order valence-corrected chi connectivity index (χ1v) is 7.76. The molecule has 1 saturated carbocycles. The average molecular weight is 246 g/mol. The number of nitrogens with one attached hydrogen (secondary N) is 1. The molecule has 0 radical (unpaired) electrons. The molecule has 1 heterocycles. The minimum absolute atomic E-state index is 0.287. The van der Waals surface area contributed by atoms with Crippen LogP contribution in [0, 0.1) is 0 Å². The zero-order valence-electron chi connectivity index (χ0n) is 10.1. The molecule has 2 aliphatic rings. The van der Waals surface area contributed by atoms with Crippen LogP contribution in [-0.2, 0) is 10.0 Å². The monoisotopic (exact) mass is 246 g/mol. The van der Waals surface area contributed by atoms with Gasteiger partial charge in [0.05, 0.1) is 5.25 Å². The highest BCUT2D eigenvalue weighted by atomic mass is 32.2. The number of nitrogens with zero attached hydrogens (tertiary/aromatic N) is 1. The van der Waals surface area contributed by atoms with E-state index in [1.54, 1.807) is 18.2 Å². The van der Waals surface area contributed by atoms with Crippen molar-refractivity contribution in [1.29, 1.82) is 0 Å². The minimum Gasteiger partial charge on any atom is -0.313 e. The smallest absolute Gasteiger partial charge is 0.216 e. The molecule has 16 heavy (non-hydrogen) atoms. The van der Waals surface area contributed by atoms with Crippen molar-refractivity contribution in [3.05, 3.63) is 0 Å². The normalized spacial score (nSPS) is 26.9. The first-order chi connectivity index (χ1) is 7.51.